The second-order valence-electron chi connectivity index (χ2n) is 4.56. The zero-order chi connectivity index (χ0) is 12.0. The van der Waals surface area contributed by atoms with Crippen molar-refractivity contribution in [2.24, 2.45) is 5.92 Å². The quantitative estimate of drug-likeness (QED) is 0.748. The molecule has 0 bridgehead atoms. The smallest absolute Gasteiger partial charge is 0.197 e. The van der Waals surface area contributed by atoms with Crippen LogP contribution in [0.5, 0.6) is 0 Å². The van der Waals surface area contributed by atoms with Crippen LogP contribution >= 0.6 is 11.6 Å². The van der Waals surface area contributed by atoms with Crippen molar-refractivity contribution in [3.05, 3.63) is 23.1 Å². The largest absolute Gasteiger partial charge is 0.453 e. The van der Waals surface area contributed by atoms with Gasteiger partial charge in [0.25, 0.3) is 0 Å². The first-order chi connectivity index (χ1) is 7.59. The third-order valence-corrected chi connectivity index (χ3v) is 2.69. The van der Waals surface area contributed by atoms with Crippen molar-refractivity contribution in [1.29, 1.82) is 0 Å². The van der Waals surface area contributed by atoms with E-state index in [0.29, 0.717) is 11.1 Å². The van der Waals surface area contributed by atoms with Crippen LogP contribution in [-0.4, -0.2) is 31.6 Å². The number of rotatable bonds is 7. The average Bonchev–Trinajstić information content (AvgIpc) is 2.59. The summed E-state index contributed by atoms with van der Waals surface area (Å²) < 4.78 is 5.05. The molecular weight excluding hydrogens is 224 g/mol. The van der Waals surface area contributed by atoms with E-state index in [0.717, 1.165) is 31.7 Å². The Labute approximate surface area is 103 Å². The number of halogens is 1. The van der Waals surface area contributed by atoms with Gasteiger partial charge in [-0.1, -0.05) is 13.8 Å². The number of likely N-dealkylation sites (N-methyl/N-ethyl adjacent to an activating group) is 1. The molecule has 4 heteroatoms. The minimum Gasteiger partial charge on any atom is -0.453 e. The van der Waals surface area contributed by atoms with E-state index < -0.39 is 0 Å². The second-order valence-corrected chi connectivity index (χ2v) is 4.90. The summed E-state index contributed by atoms with van der Waals surface area (Å²) in [6.07, 6.45) is 1.63. The first-order valence-corrected chi connectivity index (χ1v) is 6.08. The van der Waals surface area contributed by atoms with Gasteiger partial charge in [-0.2, -0.15) is 0 Å². The van der Waals surface area contributed by atoms with Crippen LogP contribution in [0.3, 0.4) is 0 Å². The lowest BCUT2D eigenvalue weighted by Gasteiger charge is -2.16. The summed E-state index contributed by atoms with van der Waals surface area (Å²) in [6.45, 7) is 8.33. The van der Waals surface area contributed by atoms with Gasteiger partial charge in [-0.05, 0) is 37.2 Å². The maximum absolute atomic E-state index is 5.88. The fraction of sp³-hybridized carbons (Fsp3) is 0.667. The molecule has 1 aromatic heterocycles. The van der Waals surface area contributed by atoms with Crippen molar-refractivity contribution >= 4 is 11.6 Å². The van der Waals surface area contributed by atoms with Crippen LogP contribution in [0.15, 0.2) is 16.7 Å². The van der Waals surface area contributed by atoms with Gasteiger partial charge in [0.1, 0.15) is 0 Å². The molecule has 0 aliphatic rings. The monoisotopic (exact) mass is 244 g/mol. The summed E-state index contributed by atoms with van der Waals surface area (Å²) in [4.78, 5) is 2.23. The van der Waals surface area contributed by atoms with Gasteiger partial charge in [-0.25, -0.2) is 0 Å². The Kier molecular flexibility index (Phi) is 5.88. The Bertz CT molecular complexity index is 299. The summed E-state index contributed by atoms with van der Waals surface area (Å²) in [5.74, 6) is 0.702. The highest BCUT2D eigenvalue weighted by molar-refractivity contribution is 6.29. The molecule has 0 aliphatic heterocycles. The third-order valence-electron chi connectivity index (χ3n) is 2.36. The molecule has 0 aliphatic carbocycles. The molecule has 0 amide bonds. The van der Waals surface area contributed by atoms with Gasteiger partial charge in [0.15, 0.2) is 5.22 Å². The average molecular weight is 245 g/mol. The molecule has 0 radical (unpaired) electrons. The van der Waals surface area contributed by atoms with Crippen molar-refractivity contribution in [2.45, 2.75) is 20.4 Å². The molecular formula is C12H21ClN2O. The Morgan fingerprint density at radius 1 is 1.50 bits per heavy atom. The van der Waals surface area contributed by atoms with Gasteiger partial charge in [-0.15, -0.1) is 0 Å². The standard InChI is InChI=1S/C12H21ClN2O/c1-10(2)8-14-5-6-15(3)9-11-4-7-16-12(11)13/h4,7,10,14H,5-6,8-9H2,1-3H3. The van der Waals surface area contributed by atoms with E-state index in [1.807, 2.05) is 6.07 Å². The lowest BCUT2D eigenvalue weighted by atomic mass is 10.2. The molecule has 1 N–H and O–H groups in total. The van der Waals surface area contributed by atoms with E-state index in [-0.39, 0.29) is 0 Å². The number of hydrogen-bond acceptors (Lipinski definition) is 3. The first-order valence-electron chi connectivity index (χ1n) is 5.70. The molecule has 1 heterocycles. The molecule has 0 fully saturated rings. The highest BCUT2D eigenvalue weighted by Crippen LogP contribution is 2.17. The molecule has 16 heavy (non-hydrogen) atoms. The Morgan fingerprint density at radius 3 is 2.81 bits per heavy atom. The van der Waals surface area contributed by atoms with Crippen LogP contribution in [0.1, 0.15) is 19.4 Å². The first kappa shape index (κ1) is 13.6. The maximum atomic E-state index is 5.88. The zero-order valence-electron chi connectivity index (χ0n) is 10.3. The number of nitrogens with zero attached hydrogens (tertiary/aromatic N) is 1. The van der Waals surface area contributed by atoms with Crippen LogP contribution in [-0.2, 0) is 6.54 Å². The fourth-order valence-corrected chi connectivity index (χ4v) is 1.64. The number of hydrogen-bond donors (Lipinski definition) is 1. The lowest BCUT2D eigenvalue weighted by Crippen LogP contribution is -2.30. The topological polar surface area (TPSA) is 28.4 Å². The second kappa shape index (κ2) is 6.94. The Morgan fingerprint density at radius 2 is 2.25 bits per heavy atom. The summed E-state index contributed by atoms with van der Waals surface area (Å²) in [7, 11) is 2.08. The van der Waals surface area contributed by atoms with Gasteiger partial charge in [0.05, 0.1) is 6.26 Å². The summed E-state index contributed by atoms with van der Waals surface area (Å²) in [5, 5.41) is 3.91. The highest BCUT2D eigenvalue weighted by Gasteiger charge is 2.06. The van der Waals surface area contributed by atoms with E-state index >= 15 is 0 Å². The number of nitrogens with one attached hydrogen (secondary N) is 1. The maximum Gasteiger partial charge on any atom is 0.197 e. The number of furan rings is 1. The van der Waals surface area contributed by atoms with Crippen molar-refractivity contribution < 1.29 is 4.42 Å². The van der Waals surface area contributed by atoms with Crippen molar-refractivity contribution in [2.75, 3.05) is 26.7 Å². The van der Waals surface area contributed by atoms with Gasteiger partial charge in [0, 0.05) is 25.2 Å². The van der Waals surface area contributed by atoms with E-state index in [1.54, 1.807) is 6.26 Å². The SMILES string of the molecule is CC(C)CNCCN(C)Cc1ccoc1Cl. The van der Waals surface area contributed by atoms with E-state index in [9.17, 15) is 0 Å². The van der Waals surface area contributed by atoms with E-state index in [2.05, 4.69) is 31.1 Å². The molecule has 1 aromatic rings. The minimum atomic E-state index is 0.502. The van der Waals surface area contributed by atoms with Gasteiger partial charge in [0.2, 0.25) is 0 Å². The van der Waals surface area contributed by atoms with Crippen molar-refractivity contribution in [3.8, 4) is 0 Å². The molecule has 92 valence electrons. The zero-order valence-corrected chi connectivity index (χ0v) is 11.0. The summed E-state index contributed by atoms with van der Waals surface area (Å²) in [6, 6.07) is 1.92. The normalized spacial score (nSPS) is 11.6. The van der Waals surface area contributed by atoms with E-state index in [1.165, 1.54) is 0 Å². The lowest BCUT2D eigenvalue weighted by molar-refractivity contribution is 0.320. The molecule has 0 atom stereocenters. The highest BCUT2D eigenvalue weighted by atomic mass is 35.5. The van der Waals surface area contributed by atoms with Crippen LogP contribution in [0.25, 0.3) is 0 Å². The fourth-order valence-electron chi connectivity index (χ4n) is 1.46. The molecule has 0 saturated heterocycles. The molecule has 1 rings (SSSR count). The van der Waals surface area contributed by atoms with Crippen molar-refractivity contribution in [1.82, 2.24) is 10.2 Å². The van der Waals surface area contributed by atoms with Crippen LogP contribution in [0.2, 0.25) is 5.22 Å². The van der Waals surface area contributed by atoms with Gasteiger partial charge in [-0.3, -0.25) is 0 Å². The van der Waals surface area contributed by atoms with Crippen LogP contribution in [0.4, 0.5) is 0 Å². The summed E-state index contributed by atoms with van der Waals surface area (Å²) in [5.41, 5.74) is 1.05. The van der Waals surface area contributed by atoms with Crippen LogP contribution in [0, 0.1) is 5.92 Å². The Hall–Kier alpha value is -0.510. The molecule has 3 nitrogen and oxygen atoms in total. The third kappa shape index (κ3) is 5.01. The molecule has 0 spiro atoms. The minimum absolute atomic E-state index is 0.502. The van der Waals surface area contributed by atoms with Crippen molar-refractivity contribution in [3.63, 3.8) is 0 Å². The predicted molar refractivity (Wildman–Crippen MR) is 67.8 cm³/mol. The molecule has 0 aromatic carbocycles. The Balaban J connectivity index is 2.16. The molecule has 0 saturated carbocycles. The molecule has 0 unspecified atom stereocenters. The van der Waals surface area contributed by atoms with Gasteiger partial charge >= 0.3 is 0 Å². The summed E-state index contributed by atoms with van der Waals surface area (Å²) >= 11 is 5.88. The van der Waals surface area contributed by atoms with Gasteiger partial charge < -0.3 is 14.6 Å². The predicted octanol–water partition coefficient (Wildman–Crippen LogP) is 2.61. The van der Waals surface area contributed by atoms with Crippen LogP contribution < -0.4 is 5.32 Å². The van der Waals surface area contributed by atoms with E-state index in [4.69, 9.17) is 16.0 Å².